The summed E-state index contributed by atoms with van der Waals surface area (Å²) in [7, 11) is 0. The molecule has 0 bridgehead atoms. The molecule has 2 N–H and O–H groups in total. The van der Waals surface area contributed by atoms with E-state index in [0.717, 1.165) is 25.7 Å². The zero-order valence-corrected chi connectivity index (χ0v) is 20.4. The molecular weight excluding hydrogens is 464 g/mol. The van der Waals surface area contributed by atoms with Gasteiger partial charge in [-0.1, -0.05) is 11.6 Å². The summed E-state index contributed by atoms with van der Waals surface area (Å²) in [5.74, 6) is -1.49. The second-order valence-electron chi connectivity index (χ2n) is 9.81. The van der Waals surface area contributed by atoms with Gasteiger partial charge in [-0.05, 0) is 38.5 Å². The molecule has 34 heavy (non-hydrogen) atoms. The number of anilines is 2. The highest BCUT2D eigenvalue weighted by molar-refractivity contribution is 6.31. The Balaban J connectivity index is 1.29. The number of nitrogens with one attached hydrogen (secondary N) is 2. The first kappa shape index (κ1) is 24.6. The van der Waals surface area contributed by atoms with E-state index in [0.29, 0.717) is 46.8 Å². The summed E-state index contributed by atoms with van der Waals surface area (Å²) in [5, 5.41) is 11.2. The van der Waals surface area contributed by atoms with Gasteiger partial charge in [-0.25, -0.2) is 20.3 Å². The van der Waals surface area contributed by atoms with Crippen LogP contribution in [0.15, 0.2) is 12.4 Å². The molecule has 2 aromatic rings. The fraction of sp³-hybridized carbons (Fsp3) is 0.652. The molecular formula is C23H30ClF2N7O. The van der Waals surface area contributed by atoms with Crippen molar-refractivity contribution in [2.24, 2.45) is 5.92 Å². The molecule has 0 atom stereocenters. The number of rotatable bonds is 8. The summed E-state index contributed by atoms with van der Waals surface area (Å²) in [6.07, 6.45) is 6.97. The van der Waals surface area contributed by atoms with Crippen LogP contribution in [-0.4, -0.2) is 44.4 Å². The van der Waals surface area contributed by atoms with Crippen molar-refractivity contribution in [3.8, 4) is 5.88 Å². The van der Waals surface area contributed by atoms with Gasteiger partial charge in [0.15, 0.2) is 0 Å². The zero-order valence-electron chi connectivity index (χ0n) is 19.6. The van der Waals surface area contributed by atoms with Gasteiger partial charge in [0, 0.05) is 38.8 Å². The van der Waals surface area contributed by atoms with Gasteiger partial charge in [-0.15, -0.1) is 0 Å². The smallest absolute Gasteiger partial charge is 0.319 e. The minimum absolute atomic E-state index is 0.0454. The van der Waals surface area contributed by atoms with E-state index in [2.05, 4.69) is 30.5 Å². The van der Waals surface area contributed by atoms with Crippen molar-refractivity contribution in [2.75, 3.05) is 11.9 Å². The van der Waals surface area contributed by atoms with Crippen LogP contribution in [0.25, 0.3) is 4.85 Å². The lowest BCUT2D eigenvalue weighted by atomic mass is 9.83. The average Bonchev–Trinajstić information content (AvgIpc) is 3.15. The highest BCUT2D eigenvalue weighted by Gasteiger charge is 2.45. The Hall–Kier alpha value is -2.51. The van der Waals surface area contributed by atoms with Gasteiger partial charge in [0.25, 0.3) is 5.92 Å². The summed E-state index contributed by atoms with van der Waals surface area (Å²) in [6, 6.07) is 0.245. The van der Waals surface area contributed by atoms with Crippen LogP contribution >= 0.6 is 11.6 Å². The summed E-state index contributed by atoms with van der Waals surface area (Å²) in [5.41, 5.74) is 0.617. The van der Waals surface area contributed by atoms with E-state index in [4.69, 9.17) is 22.9 Å². The Morgan fingerprint density at radius 1 is 1.26 bits per heavy atom. The molecule has 2 fully saturated rings. The minimum Gasteiger partial charge on any atom is -0.476 e. The number of aromatic nitrogens is 4. The highest BCUT2D eigenvalue weighted by Crippen LogP contribution is 2.38. The number of aryl methyl sites for hydroxylation is 1. The molecule has 8 nitrogen and oxygen atoms in total. The molecule has 0 aliphatic heterocycles. The van der Waals surface area contributed by atoms with Crippen LogP contribution in [0.5, 0.6) is 5.88 Å². The second kappa shape index (κ2) is 9.62. The maximum atomic E-state index is 13.0. The molecule has 11 heteroatoms. The standard InChI is InChI=1S/C23H30ClF2N7O/c1-14-19(12-33(32-14)22(2,3)27-4)30-21-28-11-18(24)20(31-21)34-13-15-5-7-16(8-6-15)29-17-9-23(25,26)10-17/h11-12,15-17,29H,5-10,13H2,1-3H3,(H,28,30,31). The molecule has 0 aromatic carbocycles. The fourth-order valence-corrected chi connectivity index (χ4v) is 4.50. The maximum Gasteiger partial charge on any atom is 0.319 e. The van der Waals surface area contributed by atoms with E-state index in [1.165, 1.54) is 6.20 Å². The molecule has 184 valence electrons. The van der Waals surface area contributed by atoms with Crippen LogP contribution in [0.3, 0.4) is 0 Å². The summed E-state index contributed by atoms with van der Waals surface area (Å²) in [4.78, 5) is 12.2. The van der Waals surface area contributed by atoms with Gasteiger partial charge >= 0.3 is 5.66 Å². The van der Waals surface area contributed by atoms with E-state index >= 15 is 0 Å². The predicted molar refractivity (Wildman–Crippen MR) is 126 cm³/mol. The number of hydrogen-bond acceptors (Lipinski definition) is 6. The number of halogens is 3. The fourth-order valence-electron chi connectivity index (χ4n) is 4.35. The topological polar surface area (TPSA) is 81.2 Å². The van der Waals surface area contributed by atoms with Crippen LogP contribution in [0.4, 0.5) is 20.4 Å². The molecule has 2 aliphatic rings. The number of nitrogens with zero attached hydrogens (tertiary/aromatic N) is 5. The third-order valence-electron chi connectivity index (χ3n) is 6.56. The molecule has 2 aliphatic carbocycles. The number of ether oxygens (including phenoxy) is 1. The predicted octanol–water partition coefficient (Wildman–Crippen LogP) is 5.32. The lowest BCUT2D eigenvalue weighted by molar-refractivity contribution is -0.0956. The molecule has 4 rings (SSSR count). The lowest BCUT2D eigenvalue weighted by Gasteiger charge is -2.39. The summed E-state index contributed by atoms with van der Waals surface area (Å²) >= 11 is 6.26. The molecule has 0 saturated heterocycles. The second-order valence-corrected chi connectivity index (χ2v) is 10.2. The van der Waals surface area contributed by atoms with Crippen molar-refractivity contribution in [1.82, 2.24) is 25.1 Å². The SMILES string of the molecule is [C-]#[N+]C(C)(C)n1cc(Nc2ncc(Cl)c(OCC3CCC(NC4CC(F)(F)C4)CC3)n2)c(C)n1. The van der Waals surface area contributed by atoms with Crippen LogP contribution in [0.2, 0.25) is 5.02 Å². The van der Waals surface area contributed by atoms with Crippen molar-refractivity contribution in [3.05, 3.63) is 34.5 Å². The molecule has 2 aromatic heterocycles. The van der Waals surface area contributed by atoms with Crippen molar-refractivity contribution in [3.63, 3.8) is 0 Å². The molecule has 0 amide bonds. The molecule has 2 saturated carbocycles. The summed E-state index contributed by atoms with van der Waals surface area (Å²) < 4.78 is 33.6. The summed E-state index contributed by atoms with van der Waals surface area (Å²) in [6.45, 7) is 13.3. The first-order chi connectivity index (χ1) is 16.0. The van der Waals surface area contributed by atoms with E-state index in [-0.39, 0.29) is 18.9 Å². The first-order valence-corrected chi connectivity index (χ1v) is 11.9. The molecule has 0 radical (unpaired) electrons. The van der Waals surface area contributed by atoms with Crippen LogP contribution in [0.1, 0.15) is 58.1 Å². The van der Waals surface area contributed by atoms with Gasteiger partial charge in [0.2, 0.25) is 11.8 Å². The van der Waals surface area contributed by atoms with Crippen molar-refractivity contribution in [2.45, 2.75) is 83.0 Å². The van der Waals surface area contributed by atoms with E-state index < -0.39 is 11.6 Å². The van der Waals surface area contributed by atoms with Gasteiger partial charge in [-0.3, -0.25) is 4.85 Å². The van der Waals surface area contributed by atoms with E-state index in [9.17, 15) is 8.78 Å². The Kier molecular flexibility index (Phi) is 6.97. The van der Waals surface area contributed by atoms with Crippen molar-refractivity contribution < 1.29 is 13.5 Å². The maximum absolute atomic E-state index is 13.0. The highest BCUT2D eigenvalue weighted by atomic mass is 35.5. The zero-order chi connectivity index (χ0) is 24.5. The Morgan fingerprint density at radius 3 is 2.62 bits per heavy atom. The Bertz CT molecular complexity index is 1050. The third kappa shape index (κ3) is 5.76. The largest absolute Gasteiger partial charge is 0.476 e. The van der Waals surface area contributed by atoms with Gasteiger partial charge in [0.05, 0.1) is 30.4 Å². The van der Waals surface area contributed by atoms with Crippen LogP contribution in [0, 0.1) is 19.4 Å². The minimum atomic E-state index is -2.49. The normalized spacial score (nSPS) is 22.6. The number of hydrogen-bond donors (Lipinski definition) is 2. The molecule has 2 heterocycles. The lowest BCUT2D eigenvalue weighted by Crippen LogP contribution is -2.52. The molecule has 0 unspecified atom stereocenters. The average molecular weight is 494 g/mol. The van der Waals surface area contributed by atoms with Gasteiger partial charge in [0.1, 0.15) is 5.02 Å². The van der Waals surface area contributed by atoms with E-state index in [1.807, 2.05) is 6.92 Å². The molecule has 0 spiro atoms. The quantitative estimate of drug-likeness (QED) is 0.485. The Morgan fingerprint density at radius 2 is 1.97 bits per heavy atom. The van der Waals surface area contributed by atoms with Crippen LogP contribution < -0.4 is 15.4 Å². The first-order valence-electron chi connectivity index (χ1n) is 11.6. The van der Waals surface area contributed by atoms with E-state index in [1.54, 1.807) is 24.7 Å². The number of alkyl halides is 2. The van der Waals surface area contributed by atoms with Crippen LogP contribution in [-0.2, 0) is 5.66 Å². The van der Waals surface area contributed by atoms with Gasteiger partial charge < -0.3 is 15.4 Å². The Labute approximate surface area is 203 Å². The van der Waals surface area contributed by atoms with Gasteiger partial charge in [-0.2, -0.15) is 14.8 Å². The van der Waals surface area contributed by atoms with Crippen molar-refractivity contribution in [1.29, 1.82) is 0 Å². The van der Waals surface area contributed by atoms with Crippen molar-refractivity contribution >= 4 is 23.2 Å². The third-order valence-corrected chi connectivity index (χ3v) is 6.81. The monoisotopic (exact) mass is 493 g/mol.